The van der Waals surface area contributed by atoms with E-state index in [0.29, 0.717) is 35.8 Å². The molecule has 0 bridgehead atoms. The summed E-state index contributed by atoms with van der Waals surface area (Å²) < 4.78 is 47.7. The third kappa shape index (κ3) is 5.31. The molecule has 0 aliphatic carbocycles. The molecule has 1 amide bonds. The van der Waals surface area contributed by atoms with E-state index in [0.717, 1.165) is 12.0 Å². The number of pyridine rings is 1. The highest BCUT2D eigenvalue weighted by Crippen LogP contribution is 2.41. The number of methoxy groups -OCH3 is 3. The molecule has 9 nitrogen and oxygen atoms in total. The van der Waals surface area contributed by atoms with Crippen LogP contribution in [0.1, 0.15) is 41.1 Å². The van der Waals surface area contributed by atoms with Crippen LogP contribution < -0.4 is 14.2 Å². The number of hydrogen-bond donors (Lipinski definition) is 1. The summed E-state index contributed by atoms with van der Waals surface area (Å²) in [5.41, 5.74) is 1.37. The van der Waals surface area contributed by atoms with Gasteiger partial charge in [0.05, 0.1) is 27.1 Å². The highest BCUT2D eigenvalue weighted by atomic mass is 32.2. The zero-order valence-corrected chi connectivity index (χ0v) is 19.2. The van der Waals surface area contributed by atoms with Gasteiger partial charge in [0.15, 0.2) is 11.5 Å². The molecule has 2 atom stereocenters. The maximum absolute atomic E-state index is 13.5. The monoisotopic (exact) mass is 464 g/mol. The number of carbonyl (C=O) groups excluding carboxylic acids is 1. The molecule has 2 unspecified atom stereocenters. The lowest BCUT2D eigenvalue weighted by atomic mass is 9.90. The highest BCUT2D eigenvalue weighted by Gasteiger charge is 2.38. The van der Waals surface area contributed by atoms with Crippen LogP contribution in [0.25, 0.3) is 0 Å². The highest BCUT2D eigenvalue weighted by molar-refractivity contribution is 7.85. The Morgan fingerprint density at radius 3 is 2.41 bits per heavy atom. The predicted molar refractivity (Wildman–Crippen MR) is 118 cm³/mol. The van der Waals surface area contributed by atoms with Gasteiger partial charge in [-0.1, -0.05) is 6.07 Å². The summed E-state index contributed by atoms with van der Waals surface area (Å²) in [6, 6.07) is 6.77. The van der Waals surface area contributed by atoms with Crippen LogP contribution in [0, 0.1) is 0 Å². The number of nitrogens with zero attached hydrogens (tertiary/aromatic N) is 2. The molecule has 0 saturated carbocycles. The molecule has 0 spiro atoms. The lowest BCUT2D eigenvalue weighted by molar-refractivity contribution is 0.0722. The average Bonchev–Trinajstić information content (AvgIpc) is 3.20. The lowest BCUT2D eigenvalue weighted by Crippen LogP contribution is -2.37. The van der Waals surface area contributed by atoms with Crippen LogP contribution >= 0.6 is 0 Å². The van der Waals surface area contributed by atoms with Crippen molar-refractivity contribution < 1.29 is 32.0 Å². The van der Waals surface area contributed by atoms with E-state index in [-0.39, 0.29) is 30.0 Å². The van der Waals surface area contributed by atoms with E-state index in [1.54, 1.807) is 29.4 Å². The molecule has 2 heterocycles. The minimum Gasteiger partial charge on any atom is -0.493 e. The second-order valence-electron chi connectivity index (χ2n) is 7.59. The molecule has 1 aromatic heterocycles. The van der Waals surface area contributed by atoms with Crippen LogP contribution in [-0.4, -0.2) is 68.4 Å². The van der Waals surface area contributed by atoms with Gasteiger partial charge >= 0.3 is 0 Å². The molecule has 1 aliphatic heterocycles. The van der Waals surface area contributed by atoms with E-state index in [9.17, 15) is 13.2 Å². The van der Waals surface area contributed by atoms with Crippen LogP contribution in [-0.2, 0) is 10.1 Å². The summed E-state index contributed by atoms with van der Waals surface area (Å²) in [6.07, 6.45) is 4.84. The molecule has 3 rings (SSSR count). The van der Waals surface area contributed by atoms with Crippen molar-refractivity contribution in [3.8, 4) is 17.2 Å². The van der Waals surface area contributed by atoms with Crippen molar-refractivity contribution >= 4 is 16.0 Å². The van der Waals surface area contributed by atoms with Gasteiger partial charge < -0.3 is 19.1 Å². The minimum atomic E-state index is -4.08. The smallest absolute Gasteiger partial charge is 0.264 e. The van der Waals surface area contributed by atoms with Gasteiger partial charge in [0.25, 0.3) is 16.0 Å². The summed E-state index contributed by atoms with van der Waals surface area (Å²) in [5, 5.41) is 0. The summed E-state index contributed by atoms with van der Waals surface area (Å²) in [7, 11) is 0.384. The standard InChI is InChI=1S/C22H28N2O7S/c1-29-19-12-16(13-20(30-2)21(19)31-3)22(25)24-10-8-17(15-6-4-9-23-14-15)18(24)7-5-11-32(26,27)28/h4,6,9,12-14,17-18H,5,7-8,10-11H2,1-3H3,(H,26,27,28). The van der Waals surface area contributed by atoms with Gasteiger partial charge in [-0.3, -0.25) is 14.3 Å². The van der Waals surface area contributed by atoms with E-state index in [1.165, 1.54) is 21.3 Å². The number of aromatic nitrogens is 1. The van der Waals surface area contributed by atoms with Crippen molar-refractivity contribution in [2.45, 2.75) is 31.2 Å². The number of carbonyl (C=O) groups is 1. The fraction of sp³-hybridized carbons (Fsp3) is 0.455. The second-order valence-corrected chi connectivity index (χ2v) is 9.16. The molecule has 32 heavy (non-hydrogen) atoms. The number of likely N-dealkylation sites (tertiary alicyclic amines) is 1. The fourth-order valence-corrected chi connectivity index (χ4v) is 4.82. The Balaban J connectivity index is 1.92. The molecular weight excluding hydrogens is 436 g/mol. The Morgan fingerprint density at radius 1 is 1.19 bits per heavy atom. The molecule has 2 aromatic rings. The zero-order chi connectivity index (χ0) is 23.3. The first kappa shape index (κ1) is 23.8. The van der Waals surface area contributed by atoms with Crippen LogP contribution in [0.5, 0.6) is 17.2 Å². The fourth-order valence-electron chi connectivity index (χ4n) is 4.29. The largest absolute Gasteiger partial charge is 0.493 e. The molecule has 0 radical (unpaired) electrons. The molecule has 1 saturated heterocycles. The Hall–Kier alpha value is -2.85. The van der Waals surface area contributed by atoms with Gasteiger partial charge in [0, 0.05) is 36.5 Å². The Kier molecular flexibility index (Phi) is 7.57. The molecule has 1 aromatic carbocycles. The average molecular weight is 465 g/mol. The van der Waals surface area contributed by atoms with Gasteiger partial charge in [-0.05, 0) is 43.0 Å². The minimum absolute atomic E-state index is 0.0103. The van der Waals surface area contributed by atoms with Crippen molar-refractivity contribution in [2.75, 3.05) is 33.6 Å². The van der Waals surface area contributed by atoms with Crippen molar-refractivity contribution in [2.24, 2.45) is 0 Å². The number of hydrogen-bond acceptors (Lipinski definition) is 7. The number of ether oxygens (including phenoxy) is 3. The Labute approximate surface area is 188 Å². The van der Waals surface area contributed by atoms with E-state index in [2.05, 4.69) is 4.98 Å². The summed E-state index contributed by atoms with van der Waals surface area (Å²) in [6.45, 7) is 0.506. The third-order valence-electron chi connectivity index (χ3n) is 5.73. The zero-order valence-electron chi connectivity index (χ0n) is 18.4. The quantitative estimate of drug-likeness (QED) is 0.564. The lowest BCUT2D eigenvalue weighted by Gasteiger charge is -2.29. The van der Waals surface area contributed by atoms with Crippen LogP contribution in [0.2, 0.25) is 0 Å². The predicted octanol–water partition coefficient (Wildman–Crippen LogP) is 2.77. The number of rotatable bonds is 9. The van der Waals surface area contributed by atoms with Gasteiger partial charge in [0.2, 0.25) is 5.75 Å². The Morgan fingerprint density at radius 2 is 1.88 bits per heavy atom. The van der Waals surface area contributed by atoms with Gasteiger partial charge in [-0.2, -0.15) is 8.42 Å². The normalized spacial score (nSPS) is 18.4. The molecule has 1 aliphatic rings. The van der Waals surface area contributed by atoms with Crippen molar-refractivity contribution in [3.05, 3.63) is 47.8 Å². The van der Waals surface area contributed by atoms with E-state index in [1.807, 2.05) is 12.1 Å². The Bertz CT molecular complexity index is 1020. The number of benzene rings is 1. The van der Waals surface area contributed by atoms with Crippen molar-refractivity contribution in [1.82, 2.24) is 9.88 Å². The van der Waals surface area contributed by atoms with Crippen molar-refractivity contribution in [1.29, 1.82) is 0 Å². The summed E-state index contributed by atoms with van der Waals surface area (Å²) in [5.74, 6) is 0.590. The van der Waals surface area contributed by atoms with E-state index < -0.39 is 10.1 Å². The van der Waals surface area contributed by atoms with Crippen molar-refractivity contribution in [3.63, 3.8) is 0 Å². The van der Waals surface area contributed by atoms with E-state index in [4.69, 9.17) is 18.8 Å². The van der Waals surface area contributed by atoms with Crippen LogP contribution in [0.15, 0.2) is 36.7 Å². The van der Waals surface area contributed by atoms with Gasteiger partial charge in [0.1, 0.15) is 0 Å². The molecule has 1 N–H and O–H groups in total. The van der Waals surface area contributed by atoms with Crippen LogP contribution in [0.3, 0.4) is 0 Å². The molecule has 10 heteroatoms. The van der Waals surface area contributed by atoms with Gasteiger partial charge in [-0.15, -0.1) is 0 Å². The van der Waals surface area contributed by atoms with Crippen LogP contribution in [0.4, 0.5) is 0 Å². The van der Waals surface area contributed by atoms with E-state index >= 15 is 0 Å². The third-order valence-corrected chi connectivity index (χ3v) is 6.54. The molecule has 174 valence electrons. The maximum Gasteiger partial charge on any atom is 0.264 e. The summed E-state index contributed by atoms with van der Waals surface area (Å²) >= 11 is 0. The first-order valence-corrected chi connectivity index (χ1v) is 11.9. The molecular formula is C22H28N2O7S. The topological polar surface area (TPSA) is 115 Å². The number of amides is 1. The SMILES string of the molecule is COc1cc(C(=O)N2CCC(c3cccnc3)C2CCCS(=O)(=O)O)cc(OC)c1OC. The first-order chi connectivity index (χ1) is 15.3. The first-order valence-electron chi connectivity index (χ1n) is 10.2. The second kappa shape index (κ2) is 10.2. The molecule has 1 fully saturated rings. The maximum atomic E-state index is 13.5. The van der Waals surface area contributed by atoms with Gasteiger partial charge in [-0.25, -0.2) is 0 Å². The summed E-state index contributed by atoms with van der Waals surface area (Å²) in [4.78, 5) is 19.5.